The van der Waals surface area contributed by atoms with Gasteiger partial charge in [0.2, 0.25) is 5.91 Å². The number of likely N-dealkylation sites (tertiary alicyclic amines) is 1. The molecule has 146 valence electrons. The van der Waals surface area contributed by atoms with E-state index in [0.717, 1.165) is 12.1 Å². The van der Waals surface area contributed by atoms with Crippen LogP contribution in [0.15, 0.2) is 60.9 Å². The molecule has 0 spiro atoms. The molecule has 3 aliphatic heterocycles. The molecule has 6 rings (SSSR count). The van der Waals surface area contributed by atoms with Gasteiger partial charge in [-0.05, 0) is 41.8 Å². The van der Waals surface area contributed by atoms with Gasteiger partial charge < -0.3 is 14.5 Å². The van der Waals surface area contributed by atoms with Crippen molar-refractivity contribution in [3.8, 4) is 0 Å². The van der Waals surface area contributed by atoms with Crippen LogP contribution in [-0.2, 0) is 9.53 Å². The molecule has 2 aromatic carbocycles. The lowest BCUT2D eigenvalue weighted by Crippen LogP contribution is -2.57. The van der Waals surface area contributed by atoms with E-state index in [1.54, 1.807) is 6.26 Å². The maximum Gasteiger partial charge on any atom is 0.258 e. The van der Waals surface area contributed by atoms with E-state index >= 15 is 0 Å². The zero-order chi connectivity index (χ0) is 19.7. The predicted octanol–water partition coefficient (Wildman–Crippen LogP) is 3.29. The fraction of sp³-hybridized carbons (Fsp3) is 0.333. The summed E-state index contributed by atoms with van der Waals surface area (Å²) in [7, 11) is 1.92. The third-order valence-electron chi connectivity index (χ3n) is 7.14. The van der Waals surface area contributed by atoms with Crippen molar-refractivity contribution in [2.24, 2.45) is 5.92 Å². The Labute approximate surface area is 169 Å². The summed E-state index contributed by atoms with van der Waals surface area (Å²) in [6.07, 6.45) is 4.29. The lowest BCUT2D eigenvalue weighted by Gasteiger charge is -2.48. The molecule has 2 aromatic rings. The van der Waals surface area contributed by atoms with Crippen molar-refractivity contribution >= 4 is 17.5 Å². The van der Waals surface area contributed by atoms with E-state index in [0.29, 0.717) is 12.1 Å². The smallest absolute Gasteiger partial charge is 0.258 e. The van der Waals surface area contributed by atoms with Crippen LogP contribution < -0.4 is 4.90 Å². The number of carbonyl (C=O) groups is 2. The molecule has 0 radical (unpaired) electrons. The first-order chi connectivity index (χ1) is 14.1. The first kappa shape index (κ1) is 16.8. The van der Waals surface area contributed by atoms with E-state index in [4.69, 9.17) is 4.74 Å². The topological polar surface area (TPSA) is 49.9 Å². The molecule has 3 heterocycles. The third kappa shape index (κ3) is 2.21. The number of piperidine rings is 1. The quantitative estimate of drug-likeness (QED) is 0.756. The third-order valence-corrected chi connectivity index (χ3v) is 7.14. The van der Waals surface area contributed by atoms with Gasteiger partial charge in [-0.1, -0.05) is 30.3 Å². The van der Waals surface area contributed by atoms with E-state index in [2.05, 4.69) is 12.1 Å². The summed E-state index contributed by atoms with van der Waals surface area (Å²) in [5, 5.41) is 0. The van der Waals surface area contributed by atoms with Crippen LogP contribution in [0.1, 0.15) is 39.7 Å². The summed E-state index contributed by atoms with van der Waals surface area (Å²) in [6.45, 7) is 0.665. The molecule has 1 saturated heterocycles. The molecule has 5 nitrogen and oxygen atoms in total. The number of ether oxygens (including phenoxy) is 1. The number of anilines is 1. The number of likely N-dealkylation sites (N-methyl/N-ethyl adjacent to an activating group) is 1. The Kier molecular flexibility index (Phi) is 3.46. The van der Waals surface area contributed by atoms with Crippen LogP contribution in [-0.4, -0.2) is 42.5 Å². The van der Waals surface area contributed by atoms with E-state index in [1.807, 2.05) is 59.3 Å². The largest absolute Gasteiger partial charge is 0.496 e. The lowest BCUT2D eigenvalue weighted by molar-refractivity contribution is -0.145. The number of hydrogen-bond donors (Lipinski definition) is 0. The highest BCUT2D eigenvalue weighted by Gasteiger charge is 2.54. The molecule has 0 bridgehead atoms. The molecule has 1 aliphatic carbocycles. The monoisotopic (exact) mass is 386 g/mol. The number of amides is 2. The van der Waals surface area contributed by atoms with Crippen LogP contribution in [0.25, 0.3) is 0 Å². The predicted molar refractivity (Wildman–Crippen MR) is 109 cm³/mol. The summed E-state index contributed by atoms with van der Waals surface area (Å²) in [5.41, 5.74) is 4.24. The van der Waals surface area contributed by atoms with Crippen LogP contribution in [0.4, 0.5) is 5.69 Å². The van der Waals surface area contributed by atoms with Gasteiger partial charge in [-0.2, -0.15) is 0 Å². The molecule has 5 atom stereocenters. The van der Waals surface area contributed by atoms with Crippen LogP contribution in [0.2, 0.25) is 0 Å². The molecule has 0 aromatic heterocycles. The zero-order valence-corrected chi connectivity index (χ0v) is 16.2. The van der Waals surface area contributed by atoms with E-state index in [9.17, 15) is 9.59 Å². The Balaban J connectivity index is 1.44. The normalized spacial score (nSPS) is 31.2. The van der Waals surface area contributed by atoms with Crippen molar-refractivity contribution in [2.45, 2.75) is 30.4 Å². The molecule has 4 aliphatic rings. The molecule has 2 amide bonds. The number of rotatable bonds is 1. The van der Waals surface area contributed by atoms with E-state index in [-0.39, 0.29) is 41.7 Å². The minimum atomic E-state index is -0.211. The Morgan fingerprint density at radius 2 is 1.93 bits per heavy atom. The summed E-state index contributed by atoms with van der Waals surface area (Å²) in [6, 6.07) is 15.8. The highest BCUT2D eigenvalue weighted by molar-refractivity contribution is 6.07. The molecule has 5 unspecified atom stereocenters. The van der Waals surface area contributed by atoms with Gasteiger partial charge in [0, 0.05) is 42.7 Å². The molecule has 1 fully saturated rings. The van der Waals surface area contributed by atoms with E-state index < -0.39 is 0 Å². The van der Waals surface area contributed by atoms with Crippen molar-refractivity contribution in [1.82, 2.24) is 4.90 Å². The van der Waals surface area contributed by atoms with Crippen molar-refractivity contribution in [3.63, 3.8) is 0 Å². The second kappa shape index (κ2) is 5.96. The average molecular weight is 386 g/mol. The van der Waals surface area contributed by atoms with E-state index in [1.165, 1.54) is 11.1 Å². The van der Waals surface area contributed by atoms with Gasteiger partial charge >= 0.3 is 0 Å². The van der Waals surface area contributed by atoms with Crippen LogP contribution >= 0.6 is 0 Å². The standard InChI is InChI=1S/C24H22N2O3/c1-25-19-12-15-13-26(23(27)14-6-3-2-4-7-14)18-9-5-8-16(20(15)18)21(19)22-17(24(25)28)10-11-29-22/h2-11,15,17,19,21-22H,12-13H2,1H3. The number of hydrogen-bond acceptors (Lipinski definition) is 3. The van der Waals surface area contributed by atoms with Gasteiger partial charge in [0.05, 0.1) is 12.2 Å². The number of fused-ring (bicyclic) bond motifs is 4. The van der Waals surface area contributed by atoms with Gasteiger partial charge in [-0.15, -0.1) is 0 Å². The number of nitrogens with zero attached hydrogens (tertiary/aromatic N) is 2. The molecular formula is C24H22N2O3. The van der Waals surface area contributed by atoms with Gasteiger partial charge in [-0.25, -0.2) is 0 Å². The zero-order valence-electron chi connectivity index (χ0n) is 16.2. The minimum absolute atomic E-state index is 0.0393. The highest BCUT2D eigenvalue weighted by Crippen LogP contribution is 2.54. The second-order valence-corrected chi connectivity index (χ2v) is 8.49. The molecule has 0 N–H and O–H groups in total. The van der Waals surface area contributed by atoms with Gasteiger partial charge in [0.15, 0.2) is 0 Å². The minimum Gasteiger partial charge on any atom is -0.496 e. The summed E-state index contributed by atoms with van der Waals surface area (Å²) >= 11 is 0. The SMILES string of the molecule is CN1C(=O)C2C=COC2C2c3cccc4c3C(CC21)CN4C(=O)c1ccccc1. The number of carbonyl (C=O) groups excluding carboxylic acids is 2. The van der Waals surface area contributed by atoms with Gasteiger partial charge in [-0.3, -0.25) is 9.59 Å². The van der Waals surface area contributed by atoms with Crippen molar-refractivity contribution < 1.29 is 14.3 Å². The van der Waals surface area contributed by atoms with Gasteiger partial charge in [0.25, 0.3) is 5.91 Å². The highest BCUT2D eigenvalue weighted by atomic mass is 16.5. The fourth-order valence-electron chi connectivity index (χ4n) is 5.86. The van der Waals surface area contributed by atoms with Crippen molar-refractivity contribution in [2.75, 3.05) is 18.5 Å². The van der Waals surface area contributed by atoms with Crippen LogP contribution in [0, 0.1) is 5.92 Å². The maximum absolute atomic E-state index is 13.2. The maximum atomic E-state index is 13.2. The summed E-state index contributed by atoms with van der Waals surface area (Å²) in [4.78, 5) is 30.0. The fourth-order valence-corrected chi connectivity index (χ4v) is 5.86. The second-order valence-electron chi connectivity index (χ2n) is 8.49. The first-order valence-electron chi connectivity index (χ1n) is 10.2. The molecule has 0 saturated carbocycles. The number of benzene rings is 2. The average Bonchev–Trinajstić information content (AvgIpc) is 3.38. The van der Waals surface area contributed by atoms with Crippen LogP contribution in [0.3, 0.4) is 0 Å². The van der Waals surface area contributed by atoms with Gasteiger partial charge in [0.1, 0.15) is 6.10 Å². The first-order valence-corrected chi connectivity index (χ1v) is 10.2. The van der Waals surface area contributed by atoms with Crippen molar-refractivity contribution in [3.05, 3.63) is 77.6 Å². The Morgan fingerprint density at radius 3 is 2.76 bits per heavy atom. The Morgan fingerprint density at radius 1 is 1.10 bits per heavy atom. The Hall–Kier alpha value is -3.08. The molecule has 29 heavy (non-hydrogen) atoms. The molecular weight excluding hydrogens is 364 g/mol. The van der Waals surface area contributed by atoms with Crippen LogP contribution in [0.5, 0.6) is 0 Å². The Bertz CT molecular complexity index is 1050. The lowest BCUT2D eigenvalue weighted by atomic mass is 9.67. The summed E-state index contributed by atoms with van der Waals surface area (Å²) < 4.78 is 5.93. The summed E-state index contributed by atoms with van der Waals surface area (Å²) in [5.74, 6) is 0.348. The molecule has 5 heteroatoms. The van der Waals surface area contributed by atoms with Crippen molar-refractivity contribution in [1.29, 1.82) is 0 Å².